The maximum atomic E-state index is 12.8. The standard InChI is InChI=1S/C25H26ClN3O2/c26-23-17-20(11-12-27-23)18-28-13-15-29(16-14-28)24(30)19-31-25(21-7-3-1-4-8-21)22-9-5-2-6-10-22/h1-12,17,25H,13-16,18-19H2. The highest BCUT2D eigenvalue weighted by Gasteiger charge is 2.23. The fraction of sp³-hybridized carbons (Fsp3) is 0.280. The van der Waals surface area contributed by atoms with E-state index in [0.717, 1.165) is 36.3 Å². The van der Waals surface area contributed by atoms with Crippen LogP contribution in [0.1, 0.15) is 22.8 Å². The van der Waals surface area contributed by atoms with E-state index in [0.29, 0.717) is 18.2 Å². The van der Waals surface area contributed by atoms with Gasteiger partial charge in [0, 0.05) is 38.9 Å². The van der Waals surface area contributed by atoms with Crippen LogP contribution in [-0.4, -0.2) is 53.5 Å². The van der Waals surface area contributed by atoms with E-state index in [1.807, 2.05) is 77.7 Å². The Kier molecular flexibility index (Phi) is 7.30. The summed E-state index contributed by atoms with van der Waals surface area (Å²) >= 11 is 5.98. The van der Waals surface area contributed by atoms with Crippen LogP contribution in [0.5, 0.6) is 0 Å². The van der Waals surface area contributed by atoms with Crippen molar-refractivity contribution < 1.29 is 9.53 Å². The van der Waals surface area contributed by atoms with Gasteiger partial charge in [-0.3, -0.25) is 9.69 Å². The first-order valence-corrected chi connectivity index (χ1v) is 10.9. The molecule has 4 rings (SSSR count). The van der Waals surface area contributed by atoms with Crippen LogP contribution in [0.3, 0.4) is 0 Å². The van der Waals surface area contributed by atoms with Gasteiger partial charge in [-0.1, -0.05) is 72.3 Å². The number of aromatic nitrogens is 1. The van der Waals surface area contributed by atoms with Gasteiger partial charge in [0.25, 0.3) is 0 Å². The fourth-order valence-corrected chi connectivity index (χ4v) is 4.04. The van der Waals surface area contributed by atoms with Crippen LogP contribution in [0.25, 0.3) is 0 Å². The molecule has 1 saturated heterocycles. The molecule has 0 unspecified atom stereocenters. The molecule has 0 N–H and O–H groups in total. The predicted octanol–water partition coefficient (Wildman–Crippen LogP) is 4.19. The number of benzene rings is 2. The maximum absolute atomic E-state index is 12.8. The first-order valence-electron chi connectivity index (χ1n) is 10.5. The summed E-state index contributed by atoms with van der Waals surface area (Å²) in [5.74, 6) is 0.0310. The third-order valence-corrected chi connectivity index (χ3v) is 5.71. The molecule has 2 heterocycles. The van der Waals surface area contributed by atoms with Crippen molar-refractivity contribution in [3.63, 3.8) is 0 Å². The quantitative estimate of drug-likeness (QED) is 0.522. The predicted molar refractivity (Wildman–Crippen MR) is 122 cm³/mol. The summed E-state index contributed by atoms with van der Waals surface area (Å²) in [6.45, 7) is 3.92. The summed E-state index contributed by atoms with van der Waals surface area (Å²) in [4.78, 5) is 21.1. The molecule has 0 aliphatic carbocycles. The molecule has 160 valence electrons. The van der Waals surface area contributed by atoms with Crippen molar-refractivity contribution in [2.24, 2.45) is 0 Å². The molecule has 0 bridgehead atoms. The van der Waals surface area contributed by atoms with Gasteiger partial charge in [-0.15, -0.1) is 0 Å². The highest BCUT2D eigenvalue weighted by atomic mass is 35.5. The summed E-state index contributed by atoms with van der Waals surface area (Å²) < 4.78 is 6.14. The Bertz CT molecular complexity index is 937. The molecule has 5 nitrogen and oxygen atoms in total. The number of piperazine rings is 1. The first kappa shape index (κ1) is 21.5. The number of carbonyl (C=O) groups is 1. The van der Waals surface area contributed by atoms with Gasteiger partial charge in [0.2, 0.25) is 5.91 Å². The summed E-state index contributed by atoms with van der Waals surface area (Å²) in [5, 5.41) is 0.509. The Labute approximate surface area is 188 Å². The Hall–Kier alpha value is -2.73. The Morgan fingerprint density at radius 2 is 1.55 bits per heavy atom. The van der Waals surface area contributed by atoms with Crippen molar-refractivity contribution in [3.05, 3.63) is 101 Å². The van der Waals surface area contributed by atoms with Gasteiger partial charge in [0.15, 0.2) is 0 Å². The summed E-state index contributed by atoms with van der Waals surface area (Å²) in [6.07, 6.45) is 1.47. The summed E-state index contributed by atoms with van der Waals surface area (Å²) in [5.41, 5.74) is 3.22. The summed E-state index contributed by atoms with van der Waals surface area (Å²) in [7, 11) is 0. The van der Waals surface area contributed by atoms with Crippen LogP contribution in [0, 0.1) is 0 Å². The van der Waals surface area contributed by atoms with Crippen LogP contribution >= 0.6 is 11.6 Å². The molecule has 2 aromatic carbocycles. The lowest BCUT2D eigenvalue weighted by Crippen LogP contribution is -2.49. The van der Waals surface area contributed by atoms with Gasteiger partial charge in [-0.25, -0.2) is 4.98 Å². The average Bonchev–Trinajstić information content (AvgIpc) is 2.81. The monoisotopic (exact) mass is 435 g/mol. The number of nitrogens with zero attached hydrogens (tertiary/aromatic N) is 3. The van der Waals surface area contributed by atoms with Crippen LogP contribution < -0.4 is 0 Å². The lowest BCUT2D eigenvalue weighted by molar-refractivity contribution is -0.139. The van der Waals surface area contributed by atoms with E-state index in [4.69, 9.17) is 16.3 Å². The van der Waals surface area contributed by atoms with E-state index in [1.165, 1.54) is 0 Å². The van der Waals surface area contributed by atoms with Gasteiger partial charge in [0.05, 0.1) is 0 Å². The van der Waals surface area contributed by atoms with Gasteiger partial charge < -0.3 is 9.64 Å². The molecule has 6 heteroatoms. The highest BCUT2D eigenvalue weighted by Crippen LogP contribution is 2.25. The van der Waals surface area contributed by atoms with E-state index >= 15 is 0 Å². The first-order chi connectivity index (χ1) is 15.2. The van der Waals surface area contributed by atoms with E-state index < -0.39 is 0 Å². The Balaban J connectivity index is 1.32. The Morgan fingerprint density at radius 3 is 2.13 bits per heavy atom. The molecule has 0 saturated carbocycles. The van der Waals surface area contributed by atoms with E-state index in [2.05, 4.69) is 9.88 Å². The molecule has 1 amide bonds. The van der Waals surface area contributed by atoms with E-state index in [1.54, 1.807) is 6.20 Å². The molecular formula is C25H26ClN3O2. The zero-order valence-electron chi connectivity index (χ0n) is 17.4. The van der Waals surface area contributed by atoms with Gasteiger partial charge in [0.1, 0.15) is 17.9 Å². The fourth-order valence-electron chi connectivity index (χ4n) is 3.84. The highest BCUT2D eigenvalue weighted by molar-refractivity contribution is 6.29. The second-order valence-corrected chi connectivity index (χ2v) is 8.04. The molecule has 3 aromatic rings. The topological polar surface area (TPSA) is 45.7 Å². The normalized spacial score (nSPS) is 14.7. The zero-order valence-corrected chi connectivity index (χ0v) is 18.1. The average molecular weight is 436 g/mol. The van der Waals surface area contributed by atoms with Crippen molar-refractivity contribution in [2.45, 2.75) is 12.6 Å². The van der Waals surface area contributed by atoms with Crippen molar-refractivity contribution >= 4 is 17.5 Å². The number of pyridine rings is 1. The second-order valence-electron chi connectivity index (χ2n) is 7.66. The Morgan fingerprint density at radius 1 is 0.935 bits per heavy atom. The molecule has 0 atom stereocenters. The number of carbonyl (C=O) groups excluding carboxylic acids is 1. The van der Waals surface area contributed by atoms with Crippen LogP contribution in [0.4, 0.5) is 0 Å². The van der Waals surface area contributed by atoms with Gasteiger partial charge >= 0.3 is 0 Å². The van der Waals surface area contributed by atoms with Crippen LogP contribution in [-0.2, 0) is 16.1 Å². The number of ether oxygens (including phenoxy) is 1. The lowest BCUT2D eigenvalue weighted by Gasteiger charge is -2.35. The molecule has 1 fully saturated rings. The van der Waals surface area contributed by atoms with Gasteiger partial charge in [-0.05, 0) is 28.8 Å². The van der Waals surface area contributed by atoms with Crippen LogP contribution in [0.15, 0.2) is 79.0 Å². The lowest BCUT2D eigenvalue weighted by atomic mass is 10.0. The largest absolute Gasteiger partial charge is 0.359 e. The molecule has 1 aliphatic rings. The van der Waals surface area contributed by atoms with Crippen molar-refractivity contribution in [2.75, 3.05) is 32.8 Å². The maximum Gasteiger partial charge on any atom is 0.248 e. The second kappa shape index (κ2) is 10.5. The summed E-state index contributed by atoms with van der Waals surface area (Å²) in [6, 6.07) is 23.9. The number of hydrogen-bond acceptors (Lipinski definition) is 4. The molecule has 0 radical (unpaired) electrons. The van der Waals surface area contributed by atoms with Crippen molar-refractivity contribution in [1.82, 2.24) is 14.8 Å². The van der Waals surface area contributed by atoms with E-state index in [-0.39, 0.29) is 18.6 Å². The SMILES string of the molecule is O=C(COC(c1ccccc1)c1ccccc1)N1CCN(Cc2ccnc(Cl)c2)CC1. The number of halogens is 1. The number of rotatable bonds is 7. The molecule has 31 heavy (non-hydrogen) atoms. The minimum Gasteiger partial charge on any atom is -0.359 e. The molecule has 1 aromatic heterocycles. The van der Waals surface area contributed by atoms with E-state index in [9.17, 15) is 4.79 Å². The number of amides is 1. The minimum absolute atomic E-state index is 0.0310. The van der Waals surface area contributed by atoms with Crippen LogP contribution in [0.2, 0.25) is 5.15 Å². The smallest absolute Gasteiger partial charge is 0.248 e. The van der Waals surface area contributed by atoms with Crippen molar-refractivity contribution in [3.8, 4) is 0 Å². The third kappa shape index (κ3) is 5.91. The third-order valence-electron chi connectivity index (χ3n) is 5.50. The molecule has 0 spiro atoms. The minimum atomic E-state index is -0.260. The van der Waals surface area contributed by atoms with Crippen molar-refractivity contribution in [1.29, 1.82) is 0 Å². The number of hydrogen-bond donors (Lipinski definition) is 0. The zero-order chi connectivity index (χ0) is 21.5. The molecule has 1 aliphatic heterocycles. The molecular weight excluding hydrogens is 410 g/mol. The van der Waals surface area contributed by atoms with Gasteiger partial charge in [-0.2, -0.15) is 0 Å².